The van der Waals surface area contributed by atoms with Crippen LogP contribution in [-0.2, 0) is 85.3 Å². The largest absolute Gasteiger partial charge is 0.481 e. The summed E-state index contributed by atoms with van der Waals surface area (Å²) in [6.45, 7) is 27.5. The van der Waals surface area contributed by atoms with Crippen molar-refractivity contribution in [1.29, 1.82) is 0 Å². The van der Waals surface area contributed by atoms with Crippen LogP contribution in [0.25, 0.3) is 0 Å². The highest BCUT2D eigenvalue weighted by molar-refractivity contribution is 5.67. The second-order valence-corrected chi connectivity index (χ2v) is 23.4. The molecule has 0 aromatic carbocycles. The van der Waals surface area contributed by atoms with E-state index in [-0.39, 0.29) is 30.6 Å². The summed E-state index contributed by atoms with van der Waals surface area (Å²) in [4.78, 5) is 23.1. The summed E-state index contributed by atoms with van der Waals surface area (Å²) in [6, 6.07) is 0. The van der Waals surface area contributed by atoms with E-state index < -0.39 is 5.97 Å². The molecule has 0 bridgehead atoms. The Morgan fingerprint density at radius 2 is 0.869 bits per heavy atom. The molecule has 0 unspecified atom stereocenters. The molecule has 4 aliphatic carbocycles. The summed E-state index contributed by atoms with van der Waals surface area (Å²) in [5, 5.41) is 11.4. The standard InChI is InChI=1S/C63H115NO20/c1-52(2)7-6-8-53(3)57-11-12-58-56-10-9-54-51-55(13-16-62(54,4)59(56)14-17-63(57,58)5)84-61(67)64-18-20-69-22-24-71-26-28-73-30-32-75-34-36-77-38-40-79-42-44-81-46-48-83-50-49-82-47-45-80-43-41-78-39-37-76-35-33-74-31-29-72-27-25-70-23-21-68-19-15-60(65)66/h9,52-53,55-59H,6-8,10-51H2,1-5H3,(H,64,67)(H,65,66)/t53-,55+,56+,57-,58+,59+,62+,63-/m1/s1. The molecule has 0 aromatic rings. The van der Waals surface area contributed by atoms with Gasteiger partial charge in [0.1, 0.15) is 6.10 Å². The number of hydrogen-bond donors (Lipinski definition) is 2. The van der Waals surface area contributed by atoms with Gasteiger partial charge < -0.3 is 90.9 Å². The molecule has 0 saturated heterocycles. The van der Waals surface area contributed by atoms with Crippen LogP contribution in [0.5, 0.6) is 0 Å². The molecule has 0 heterocycles. The van der Waals surface area contributed by atoms with Crippen molar-refractivity contribution >= 4 is 12.1 Å². The van der Waals surface area contributed by atoms with E-state index in [1.54, 1.807) is 5.57 Å². The topological polar surface area (TPSA) is 223 Å². The quantitative estimate of drug-likeness (QED) is 0.0437. The Bertz CT molecular complexity index is 1650. The fourth-order valence-corrected chi connectivity index (χ4v) is 12.7. The number of carbonyl (C=O) groups is 2. The van der Waals surface area contributed by atoms with E-state index in [0.29, 0.717) is 217 Å². The Balaban J connectivity index is 0.781. The van der Waals surface area contributed by atoms with Gasteiger partial charge in [-0.05, 0) is 91.3 Å². The van der Waals surface area contributed by atoms with Crippen LogP contribution in [0, 0.1) is 46.3 Å². The predicted octanol–water partition coefficient (Wildman–Crippen LogP) is 7.86. The van der Waals surface area contributed by atoms with Gasteiger partial charge in [0.15, 0.2) is 0 Å². The van der Waals surface area contributed by atoms with E-state index >= 15 is 0 Å². The van der Waals surface area contributed by atoms with E-state index in [4.69, 9.17) is 85.6 Å². The molecule has 8 atom stereocenters. The maximum Gasteiger partial charge on any atom is 0.407 e. The van der Waals surface area contributed by atoms with Crippen LogP contribution in [0.15, 0.2) is 11.6 Å². The lowest BCUT2D eigenvalue weighted by atomic mass is 9.47. The van der Waals surface area contributed by atoms with Crippen LogP contribution in [0.4, 0.5) is 4.79 Å². The molecule has 3 fully saturated rings. The minimum Gasteiger partial charge on any atom is -0.481 e. The van der Waals surface area contributed by atoms with Crippen LogP contribution in [0.1, 0.15) is 112 Å². The SMILES string of the molecule is CC(C)CCC[C@@H](C)[C@H]1CC[C@H]2[C@@H]3CC=C4C[C@@H](OC(=O)NCCOCCOCCOCCOCCOCCOCCOCCOCCOCCOCCOCCOCCOCCOCCOCCOCCC(=O)O)CC[C@]4(C)[C@H]3CC[C@]12C. The van der Waals surface area contributed by atoms with Crippen molar-refractivity contribution in [2.75, 3.05) is 218 Å². The highest BCUT2D eigenvalue weighted by Crippen LogP contribution is 2.67. The molecule has 0 spiro atoms. The van der Waals surface area contributed by atoms with Gasteiger partial charge in [-0.2, -0.15) is 0 Å². The Morgan fingerprint density at radius 1 is 0.488 bits per heavy atom. The van der Waals surface area contributed by atoms with Gasteiger partial charge in [0, 0.05) is 13.0 Å². The Hall–Kier alpha value is -2.16. The zero-order chi connectivity index (χ0) is 60.0. The average Bonchev–Trinajstić information content (AvgIpc) is 1.42. The van der Waals surface area contributed by atoms with E-state index in [1.165, 1.54) is 51.4 Å². The van der Waals surface area contributed by atoms with Gasteiger partial charge >= 0.3 is 12.1 Å². The smallest absolute Gasteiger partial charge is 0.407 e. The lowest BCUT2D eigenvalue weighted by Gasteiger charge is -2.58. The molecule has 21 heteroatoms. The molecule has 0 radical (unpaired) electrons. The highest BCUT2D eigenvalue weighted by Gasteiger charge is 2.59. The van der Waals surface area contributed by atoms with Gasteiger partial charge in [-0.1, -0.05) is 65.5 Å². The van der Waals surface area contributed by atoms with Crippen molar-refractivity contribution in [3.05, 3.63) is 11.6 Å². The lowest BCUT2D eigenvalue weighted by Crippen LogP contribution is -2.51. The number of nitrogens with one attached hydrogen (secondary N) is 1. The maximum absolute atomic E-state index is 12.8. The Morgan fingerprint density at radius 3 is 1.25 bits per heavy atom. The van der Waals surface area contributed by atoms with Gasteiger partial charge in [-0.3, -0.25) is 4.79 Å². The number of carbonyl (C=O) groups excluding carboxylic acids is 1. The number of carboxylic acids is 1. The number of ether oxygens (including phenoxy) is 17. The third-order valence-corrected chi connectivity index (χ3v) is 17.1. The molecular formula is C63H115NO20. The van der Waals surface area contributed by atoms with Crippen molar-refractivity contribution in [3.8, 4) is 0 Å². The molecule has 4 rings (SSSR count). The number of carboxylic acid groups (broad SMARTS) is 1. The first kappa shape index (κ1) is 74.3. The maximum atomic E-state index is 12.8. The Kier molecular flexibility index (Phi) is 42.3. The molecule has 492 valence electrons. The summed E-state index contributed by atoms with van der Waals surface area (Å²) in [5.41, 5.74) is 2.29. The zero-order valence-corrected chi connectivity index (χ0v) is 52.6. The molecule has 84 heavy (non-hydrogen) atoms. The van der Waals surface area contributed by atoms with Gasteiger partial charge in [0.25, 0.3) is 0 Å². The molecule has 4 aliphatic rings. The van der Waals surface area contributed by atoms with Gasteiger partial charge in [0.2, 0.25) is 0 Å². The first-order valence-corrected chi connectivity index (χ1v) is 32.1. The first-order chi connectivity index (χ1) is 41.0. The number of amides is 1. The number of hydrogen-bond acceptors (Lipinski definition) is 19. The number of rotatable bonds is 57. The predicted molar refractivity (Wildman–Crippen MR) is 317 cm³/mol. The third-order valence-electron chi connectivity index (χ3n) is 17.1. The van der Waals surface area contributed by atoms with Crippen molar-refractivity contribution in [2.24, 2.45) is 46.3 Å². The first-order valence-electron chi connectivity index (χ1n) is 32.1. The minimum atomic E-state index is -0.878. The molecule has 0 aromatic heterocycles. The van der Waals surface area contributed by atoms with Crippen LogP contribution in [-0.4, -0.2) is 241 Å². The summed E-state index contributed by atoms with van der Waals surface area (Å²) in [7, 11) is 0. The van der Waals surface area contributed by atoms with E-state index in [2.05, 4.69) is 46.0 Å². The normalized spacial score (nSPS) is 23.3. The van der Waals surface area contributed by atoms with E-state index in [0.717, 1.165) is 54.8 Å². The molecule has 21 nitrogen and oxygen atoms in total. The molecule has 1 amide bonds. The summed E-state index contributed by atoms with van der Waals surface area (Å²) in [5.74, 6) is 4.06. The van der Waals surface area contributed by atoms with Crippen LogP contribution < -0.4 is 5.32 Å². The second-order valence-electron chi connectivity index (χ2n) is 23.4. The fraction of sp³-hybridized carbons (Fsp3) is 0.937. The summed E-state index contributed by atoms with van der Waals surface area (Å²) in [6.07, 6.45) is 16.0. The van der Waals surface area contributed by atoms with Crippen LogP contribution >= 0.6 is 0 Å². The van der Waals surface area contributed by atoms with Crippen molar-refractivity contribution in [1.82, 2.24) is 5.32 Å². The number of aliphatic carboxylic acids is 1. The van der Waals surface area contributed by atoms with Crippen molar-refractivity contribution in [2.45, 2.75) is 118 Å². The average molecular weight is 1210 g/mol. The minimum absolute atomic E-state index is 0.00833. The molecule has 2 N–H and O–H groups in total. The number of alkyl carbamates (subject to hydrolysis) is 1. The fourth-order valence-electron chi connectivity index (χ4n) is 12.7. The van der Waals surface area contributed by atoms with Gasteiger partial charge in [-0.15, -0.1) is 0 Å². The highest BCUT2D eigenvalue weighted by atomic mass is 16.6. The van der Waals surface area contributed by atoms with Crippen LogP contribution in [0.3, 0.4) is 0 Å². The monoisotopic (exact) mass is 1210 g/mol. The summed E-state index contributed by atoms with van der Waals surface area (Å²) < 4.78 is 93.9. The second kappa shape index (κ2) is 47.8. The lowest BCUT2D eigenvalue weighted by molar-refractivity contribution is -0.138. The molecular weight excluding hydrogens is 1090 g/mol. The van der Waals surface area contributed by atoms with Crippen molar-refractivity contribution < 1.29 is 95.2 Å². The van der Waals surface area contributed by atoms with Gasteiger partial charge in [0.05, 0.1) is 218 Å². The molecule has 0 aliphatic heterocycles. The van der Waals surface area contributed by atoms with Crippen LogP contribution in [0.2, 0.25) is 0 Å². The van der Waals surface area contributed by atoms with E-state index in [9.17, 15) is 9.59 Å². The van der Waals surface area contributed by atoms with Crippen molar-refractivity contribution in [3.63, 3.8) is 0 Å². The van der Waals surface area contributed by atoms with E-state index in [1.807, 2.05) is 0 Å². The summed E-state index contributed by atoms with van der Waals surface area (Å²) >= 11 is 0. The van der Waals surface area contributed by atoms with Gasteiger partial charge in [-0.25, -0.2) is 4.79 Å². The number of fused-ring (bicyclic) bond motifs is 5. The number of allylic oxidation sites excluding steroid dienone is 1. The third kappa shape index (κ3) is 32.4. The Labute approximate surface area is 504 Å². The molecule has 3 saturated carbocycles. The zero-order valence-electron chi connectivity index (χ0n) is 52.6.